The minimum Gasteiger partial charge on any atom is -0.374 e. The molecule has 36 heavy (non-hydrogen) atoms. The molecule has 0 spiro atoms. The van der Waals surface area contributed by atoms with E-state index in [-0.39, 0.29) is 6.10 Å². The third kappa shape index (κ3) is 32.5. The Balaban J connectivity index is 0. The second-order valence-corrected chi connectivity index (χ2v) is 11.6. The quantitative estimate of drug-likeness (QED) is 0.0320. The van der Waals surface area contributed by atoms with Crippen molar-refractivity contribution < 1.29 is 8.92 Å². The summed E-state index contributed by atoms with van der Waals surface area (Å²) in [5.74, 6) is 0.741. The maximum atomic E-state index is 5.85. The maximum Gasteiger partial charge on any atom is 0.0753 e. The molecule has 0 bridgehead atoms. The highest BCUT2D eigenvalue weighted by Crippen LogP contribution is 2.19. The Morgan fingerprint density at radius 1 is 0.639 bits per heavy atom. The Labute approximate surface area is 242 Å². The standard InChI is InChI=1S/C16H31BrO.C16H34OS/c1-3-5-6-7-10-13-16(4-2)18-15-12-9-8-11-14-17;1-3-5-7-9-10-12-14-16(15-17-18)13-11-8-6-4-2/h4,16H,2-3,5-15H2,1H3;16,18H,3-15H2,1-2H3. The zero-order chi connectivity index (χ0) is 27.0. The topological polar surface area (TPSA) is 18.5 Å². The molecule has 4 heteroatoms. The van der Waals surface area contributed by atoms with Crippen molar-refractivity contribution >= 4 is 28.8 Å². The van der Waals surface area contributed by atoms with E-state index in [0.29, 0.717) is 0 Å². The van der Waals surface area contributed by atoms with Crippen LogP contribution in [0.2, 0.25) is 0 Å². The first kappa shape index (κ1) is 38.6. The van der Waals surface area contributed by atoms with Crippen LogP contribution in [0.15, 0.2) is 12.7 Å². The van der Waals surface area contributed by atoms with E-state index in [1.807, 2.05) is 6.08 Å². The lowest BCUT2D eigenvalue weighted by molar-refractivity contribution is 0.0747. The van der Waals surface area contributed by atoms with Crippen LogP contribution in [0, 0.1) is 5.92 Å². The zero-order valence-corrected chi connectivity index (χ0v) is 27.2. The summed E-state index contributed by atoms with van der Waals surface area (Å²) in [6.07, 6.45) is 31.6. The second kappa shape index (κ2) is 35.5. The van der Waals surface area contributed by atoms with Crippen molar-refractivity contribution in [2.24, 2.45) is 5.92 Å². The summed E-state index contributed by atoms with van der Waals surface area (Å²) in [5.41, 5.74) is 0. The molecule has 0 N–H and O–H groups in total. The third-order valence-electron chi connectivity index (χ3n) is 6.96. The van der Waals surface area contributed by atoms with Gasteiger partial charge >= 0.3 is 0 Å². The number of thiol groups is 1. The van der Waals surface area contributed by atoms with Gasteiger partial charge in [0.05, 0.1) is 12.7 Å². The smallest absolute Gasteiger partial charge is 0.0753 e. The van der Waals surface area contributed by atoms with Crippen LogP contribution < -0.4 is 0 Å². The minimum atomic E-state index is 0.280. The van der Waals surface area contributed by atoms with Gasteiger partial charge in [0.2, 0.25) is 0 Å². The van der Waals surface area contributed by atoms with Gasteiger partial charge in [-0.1, -0.05) is 152 Å². The molecule has 2 unspecified atom stereocenters. The summed E-state index contributed by atoms with van der Waals surface area (Å²) in [5, 5.41) is 1.13. The average molecular weight is 594 g/mol. The van der Waals surface area contributed by atoms with Crippen LogP contribution in [-0.2, 0) is 8.92 Å². The molecule has 0 saturated carbocycles. The molecule has 0 radical (unpaired) electrons. The van der Waals surface area contributed by atoms with Crippen molar-refractivity contribution in [3.05, 3.63) is 12.7 Å². The molecule has 0 amide bonds. The third-order valence-corrected chi connectivity index (χ3v) is 7.67. The highest BCUT2D eigenvalue weighted by molar-refractivity contribution is 9.09. The Kier molecular flexibility index (Phi) is 38.1. The van der Waals surface area contributed by atoms with Gasteiger partial charge in [-0.25, -0.2) is 0 Å². The number of rotatable bonds is 28. The van der Waals surface area contributed by atoms with E-state index >= 15 is 0 Å². The van der Waals surface area contributed by atoms with E-state index in [2.05, 4.69) is 56.2 Å². The lowest BCUT2D eigenvalue weighted by Gasteiger charge is -2.15. The molecule has 0 aliphatic rings. The van der Waals surface area contributed by atoms with Crippen LogP contribution in [0.4, 0.5) is 0 Å². The van der Waals surface area contributed by atoms with E-state index in [1.54, 1.807) is 0 Å². The van der Waals surface area contributed by atoms with Gasteiger partial charge in [-0.05, 0) is 50.9 Å². The van der Waals surface area contributed by atoms with Gasteiger partial charge in [0.1, 0.15) is 0 Å². The average Bonchev–Trinajstić information content (AvgIpc) is 2.89. The molecule has 0 heterocycles. The fourth-order valence-corrected chi connectivity index (χ4v) is 5.10. The monoisotopic (exact) mass is 592 g/mol. The summed E-state index contributed by atoms with van der Waals surface area (Å²) < 4.78 is 10.9. The van der Waals surface area contributed by atoms with Gasteiger partial charge in [0.25, 0.3) is 0 Å². The van der Waals surface area contributed by atoms with E-state index in [4.69, 9.17) is 8.92 Å². The van der Waals surface area contributed by atoms with Crippen molar-refractivity contribution in [3.8, 4) is 0 Å². The predicted molar refractivity (Wildman–Crippen MR) is 171 cm³/mol. The lowest BCUT2D eigenvalue weighted by Crippen LogP contribution is -2.10. The first-order chi connectivity index (χ1) is 17.7. The van der Waals surface area contributed by atoms with E-state index in [1.165, 1.54) is 135 Å². The Morgan fingerprint density at radius 2 is 1.08 bits per heavy atom. The van der Waals surface area contributed by atoms with Crippen LogP contribution in [-0.4, -0.2) is 24.6 Å². The van der Waals surface area contributed by atoms with Crippen molar-refractivity contribution in [3.63, 3.8) is 0 Å². The van der Waals surface area contributed by atoms with Gasteiger partial charge in [-0.15, -0.1) is 6.58 Å². The molecule has 0 aliphatic heterocycles. The summed E-state index contributed by atoms with van der Waals surface area (Å²) >= 11 is 7.37. The largest absolute Gasteiger partial charge is 0.374 e. The molecular weight excluding hydrogens is 528 g/mol. The molecule has 0 aromatic rings. The minimum absolute atomic E-state index is 0.280. The summed E-state index contributed by atoms with van der Waals surface area (Å²) in [6, 6.07) is 0. The molecular formula is C32H65BrO2S. The van der Waals surface area contributed by atoms with E-state index < -0.39 is 0 Å². The Hall–Kier alpha value is 0.490. The molecule has 0 rings (SSSR count). The van der Waals surface area contributed by atoms with Gasteiger partial charge in [-0.2, -0.15) is 0 Å². The van der Waals surface area contributed by atoms with Crippen molar-refractivity contribution in [2.75, 3.05) is 18.5 Å². The van der Waals surface area contributed by atoms with Gasteiger partial charge in [0.15, 0.2) is 0 Å². The molecule has 0 aliphatic carbocycles. The van der Waals surface area contributed by atoms with Crippen LogP contribution in [0.1, 0.15) is 162 Å². The van der Waals surface area contributed by atoms with Crippen LogP contribution in [0.25, 0.3) is 0 Å². The zero-order valence-electron chi connectivity index (χ0n) is 24.8. The van der Waals surface area contributed by atoms with E-state index in [9.17, 15) is 0 Å². The van der Waals surface area contributed by atoms with Crippen LogP contribution in [0.5, 0.6) is 0 Å². The number of hydrogen-bond donors (Lipinski definition) is 1. The first-order valence-electron chi connectivity index (χ1n) is 15.8. The van der Waals surface area contributed by atoms with E-state index in [0.717, 1.165) is 30.9 Å². The molecule has 2 atom stereocenters. The fourth-order valence-electron chi connectivity index (χ4n) is 4.49. The molecule has 2 nitrogen and oxygen atoms in total. The normalized spacial score (nSPS) is 12.7. The van der Waals surface area contributed by atoms with Crippen molar-refractivity contribution in [1.82, 2.24) is 0 Å². The van der Waals surface area contributed by atoms with Crippen molar-refractivity contribution in [2.45, 2.75) is 168 Å². The number of alkyl halides is 1. The second-order valence-electron chi connectivity index (χ2n) is 10.5. The van der Waals surface area contributed by atoms with Crippen LogP contribution in [0.3, 0.4) is 0 Å². The predicted octanol–water partition coefficient (Wildman–Crippen LogP) is 12.1. The number of hydrogen-bond acceptors (Lipinski definition) is 3. The molecule has 0 aromatic heterocycles. The maximum absolute atomic E-state index is 5.85. The first-order valence-corrected chi connectivity index (χ1v) is 17.2. The van der Waals surface area contributed by atoms with Gasteiger partial charge < -0.3 is 8.92 Å². The highest BCUT2D eigenvalue weighted by Gasteiger charge is 2.08. The number of halogens is 1. The summed E-state index contributed by atoms with van der Waals surface area (Å²) in [7, 11) is 0. The fraction of sp³-hybridized carbons (Fsp3) is 0.938. The Bertz CT molecular complexity index is 394. The summed E-state index contributed by atoms with van der Waals surface area (Å²) in [6.45, 7) is 12.4. The summed E-state index contributed by atoms with van der Waals surface area (Å²) in [4.78, 5) is 0. The number of unbranched alkanes of at least 4 members (excludes halogenated alkanes) is 15. The van der Waals surface area contributed by atoms with Crippen molar-refractivity contribution in [1.29, 1.82) is 0 Å². The van der Waals surface area contributed by atoms with Gasteiger partial charge in [0, 0.05) is 11.9 Å². The number of ether oxygens (including phenoxy) is 1. The lowest BCUT2D eigenvalue weighted by atomic mass is 9.95. The van der Waals surface area contributed by atoms with Gasteiger partial charge in [-0.3, -0.25) is 0 Å². The molecule has 0 aromatic carbocycles. The Morgan fingerprint density at radius 3 is 1.58 bits per heavy atom. The van der Waals surface area contributed by atoms with Crippen LogP contribution >= 0.6 is 28.8 Å². The molecule has 0 saturated heterocycles. The molecule has 218 valence electrons. The SMILES string of the molecule is C=CC(CCCCCCC)OCCCCCCBr.CCCCCCCCC(CCCCCC)COS. The highest BCUT2D eigenvalue weighted by atomic mass is 79.9. The molecule has 0 fully saturated rings.